The number of aromatic hydroxyl groups is 1. The Hall–Kier alpha value is -4.68. The molecular weight excluding hydrogens is 634 g/mol. The first-order valence-corrected chi connectivity index (χ1v) is 14.9. The smallest absolute Gasteiger partial charge is 0.416 e. The third kappa shape index (κ3) is 6.03. The van der Waals surface area contributed by atoms with Crippen molar-refractivity contribution in [2.75, 3.05) is 0 Å². The maximum absolute atomic E-state index is 13.1. The summed E-state index contributed by atoms with van der Waals surface area (Å²) in [5.41, 5.74) is 1.12. The second-order valence-corrected chi connectivity index (χ2v) is 12.3. The number of hydrogen-bond donors (Lipinski definition) is 1. The molecule has 0 aliphatic carbocycles. The second-order valence-electron chi connectivity index (χ2n) is 10.1. The highest BCUT2D eigenvalue weighted by atomic mass is 32.1. The van der Waals surface area contributed by atoms with Crippen LogP contribution in [0.5, 0.6) is 5.88 Å². The number of nitrogens with zero attached hydrogens (tertiary/aromatic N) is 2. The molecule has 1 aliphatic heterocycles. The van der Waals surface area contributed by atoms with Crippen LogP contribution in [0.2, 0.25) is 0 Å². The predicted octanol–water partition coefficient (Wildman–Crippen LogP) is 9.89. The van der Waals surface area contributed by atoms with E-state index >= 15 is 0 Å². The first-order valence-electron chi connectivity index (χ1n) is 13.3. The third-order valence-electron chi connectivity index (χ3n) is 7.10. The number of carbonyl (C=O) groups is 1. The molecule has 0 saturated heterocycles. The lowest BCUT2D eigenvalue weighted by molar-refractivity contribution is -0.138. The van der Waals surface area contributed by atoms with Crippen LogP contribution in [-0.2, 0) is 19.4 Å². The van der Waals surface area contributed by atoms with Gasteiger partial charge in [-0.1, -0.05) is 36.4 Å². The number of rotatable bonds is 6. The minimum Gasteiger partial charge on any atom is -0.494 e. The van der Waals surface area contributed by atoms with E-state index in [0.717, 1.165) is 34.0 Å². The summed E-state index contributed by atoms with van der Waals surface area (Å²) in [6, 6.07) is 16.8. The van der Waals surface area contributed by atoms with Gasteiger partial charge in [0, 0.05) is 16.8 Å². The highest BCUT2D eigenvalue weighted by molar-refractivity contribution is 7.16. The molecule has 4 nitrogen and oxygen atoms in total. The van der Waals surface area contributed by atoms with Crippen molar-refractivity contribution in [3.8, 4) is 16.5 Å². The van der Waals surface area contributed by atoms with Crippen LogP contribution in [0.1, 0.15) is 52.8 Å². The molecule has 1 N–H and O–H groups in total. The summed E-state index contributed by atoms with van der Waals surface area (Å²) in [5, 5.41) is 11.1. The van der Waals surface area contributed by atoms with E-state index < -0.39 is 29.4 Å². The highest BCUT2D eigenvalue weighted by Crippen LogP contribution is 2.43. The van der Waals surface area contributed by atoms with Crippen LogP contribution in [0.25, 0.3) is 34.9 Å². The lowest BCUT2D eigenvalue weighted by Crippen LogP contribution is -2.03. The fourth-order valence-corrected chi connectivity index (χ4v) is 6.75. The lowest BCUT2D eigenvalue weighted by atomic mass is 10.1. The molecule has 1 aliphatic rings. The number of halogens is 6. The zero-order valence-corrected chi connectivity index (χ0v) is 24.7. The topological polar surface area (TPSA) is 54.6 Å². The largest absolute Gasteiger partial charge is 0.494 e. The maximum atomic E-state index is 13.1. The molecule has 12 heteroatoms. The fourth-order valence-electron chi connectivity index (χ4n) is 4.85. The number of amides is 1. The zero-order valence-electron chi connectivity index (χ0n) is 23.1. The highest BCUT2D eigenvalue weighted by Gasteiger charge is 2.36. The van der Waals surface area contributed by atoms with Gasteiger partial charge in [0.2, 0.25) is 5.88 Å². The Bertz CT molecular complexity index is 2010. The number of aliphatic imine (C=N–C) groups is 1. The second kappa shape index (κ2) is 11.4. The molecule has 45 heavy (non-hydrogen) atoms. The summed E-state index contributed by atoms with van der Waals surface area (Å²) < 4.78 is 78.6. The van der Waals surface area contributed by atoms with Gasteiger partial charge >= 0.3 is 12.4 Å². The lowest BCUT2D eigenvalue weighted by Gasteiger charge is -2.05. The quantitative estimate of drug-likeness (QED) is 0.185. The Morgan fingerprint density at radius 1 is 0.667 bits per heavy atom. The molecule has 1 amide bonds. The number of benzene rings is 2. The SMILES string of the molecule is Cn1c(O)c2c(c1-c1ccc(C=Cc3ccc(C(F)(F)F)cc3)s1)C(=O)N=C2c1ccc(C=Cc2ccc(C(F)(F)F)cc2)s1. The summed E-state index contributed by atoms with van der Waals surface area (Å²) in [7, 11) is 1.64. The fraction of sp³-hybridized carbons (Fsp3) is 0.0909. The average Bonchev–Trinajstić information content (AvgIpc) is 3.77. The Morgan fingerprint density at radius 2 is 1.13 bits per heavy atom. The summed E-state index contributed by atoms with van der Waals surface area (Å²) in [6.45, 7) is 0. The molecule has 6 rings (SSSR count). The van der Waals surface area contributed by atoms with Crippen LogP contribution in [0.4, 0.5) is 26.3 Å². The van der Waals surface area contributed by atoms with Gasteiger partial charge in [-0.2, -0.15) is 26.3 Å². The van der Waals surface area contributed by atoms with E-state index in [1.165, 1.54) is 51.5 Å². The standard InChI is InChI=1S/C33H20F6N2O2S2/c1-41-29(25-17-15-23(45-25)13-7-19-4-10-21(11-5-19)33(37,38)39)27-26(31(41)43)28(40-30(27)42)24-16-14-22(44-24)12-6-18-2-8-20(9-3-18)32(34,35)36/h2-17,43H,1H3. The molecule has 0 radical (unpaired) electrons. The molecule has 0 spiro atoms. The summed E-state index contributed by atoms with van der Waals surface area (Å²) in [4.78, 5) is 20.3. The van der Waals surface area contributed by atoms with Crippen molar-refractivity contribution in [2.24, 2.45) is 12.0 Å². The molecule has 0 atom stereocenters. The van der Waals surface area contributed by atoms with Crippen molar-refractivity contribution < 1.29 is 36.2 Å². The summed E-state index contributed by atoms with van der Waals surface area (Å²) >= 11 is 2.66. The van der Waals surface area contributed by atoms with Crippen LogP contribution in [0, 0.1) is 0 Å². The Morgan fingerprint density at radius 3 is 1.62 bits per heavy atom. The Kier molecular flexibility index (Phi) is 7.66. The van der Waals surface area contributed by atoms with Gasteiger partial charge in [-0.3, -0.25) is 4.79 Å². The molecule has 3 aromatic heterocycles. The first kappa shape index (κ1) is 30.4. The van der Waals surface area contributed by atoms with Gasteiger partial charge in [0.1, 0.15) is 0 Å². The van der Waals surface area contributed by atoms with Gasteiger partial charge in [0.05, 0.1) is 43.4 Å². The van der Waals surface area contributed by atoms with E-state index in [1.807, 2.05) is 6.07 Å². The van der Waals surface area contributed by atoms with E-state index in [1.54, 1.807) is 49.6 Å². The van der Waals surface area contributed by atoms with Crippen LogP contribution < -0.4 is 0 Å². The van der Waals surface area contributed by atoms with Crippen molar-refractivity contribution >= 4 is 58.6 Å². The van der Waals surface area contributed by atoms with Gasteiger partial charge < -0.3 is 9.67 Å². The van der Waals surface area contributed by atoms with Crippen LogP contribution in [0.15, 0.2) is 77.8 Å². The van der Waals surface area contributed by atoms with E-state index in [9.17, 15) is 36.2 Å². The summed E-state index contributed by atoms with van der Waals surface area (Å²) in [5.74, 6) is -0.633. The number of thiophene rings is 2. The van der Waals surface area contributed by atoms with Crippen molar-refractivity contribution in [3.63, 3.8) is 0 Å². The van der Waals surface area contributed by atoms with Gasteiger partial charge in [-0.05, 0) is 71.8 Å². The number of fused-ring (bicyclic) bond motifs is 1. The monoisotopic (exact) mass is 654 g/mol. The van der Waals surface area contributed by atoms with Crippen LogP contribution in [0.3, 0.4) is 0 Å². The molecule has 0 fully saturated rings. The zero-order chi connectivity index (χ0) is 32.1. The molecule has 0 unspecified atom stereocenters. The van der Waals surface area contributed by atoms with E-state index in [2.05, 4.69) is 4.99 Å². The molecule has 2 aromatic carbocycles. The average molecular weight is 655 g/mol. The minimum absolute atomic E-state index is 0.130. The predicted molar refractivity (Wildman–Crippen MR) is 165 cm³/mol. The van der Waals surface area contributed by atoms with Crippen molar-refractivity contribution in [3.05, 3.63) is 121 Å². The van der Waals surface area contributed by atoms with Crippen molar-refractivity contribution in [1.82, 2.24) is 4.57 Å². The molecule has 0 saturated carbocycles. The number of aromatic nitrogens is 1. The van der Waals surface area contributed by atoms with Crippen LogP contribution >= 0.6 is 22.7 Å². The van der Waals surface area contributed by atoms with Crippen molar-refractivity contribution in [2.45, 2.75) is 12.4 Å². The summed E-state index contributed by atoms with van der Waals surface area (Å²) in [6.07, 6.45) is -1.94. The van der Waals surface area contributed by atoms with Gasteiger partial charge in [0.25, 0.3) is 5.91 Å². The molecule has 4 heterocycles. The molecule has 5 aromatic rings. The number of carbonyl (C=O) groups excluding carboxylic acids is 1. The van der Waals surface area contributed by atoms with Gasteiger partial charge in [-0.25, -0.2) is 4.99 Å². The first-order chi connectivity index (χ1) is 21.3. The molecule has 228 valence electrons. The third-order valence-corrected chi connectivity index (χ3v) is 9.22. The number of hydrogen-bond acceptors (Lipinski definition) is 4. The Balaban J connectivity index is 1.23. The van der Waals surface area contributed by atoms with Gasteiger partial charge in [-0.15, -0.1) is 22.7 Å². The number of alkyl halides is 6. The molecule has 0 bridgehead atoms. The van der Waals surface area contributed by atoms with E-state index in [0.29, 0.717) is 37.9 Å². The normalized spacial score (nSPS) is 13.8. The van der Waals surface area contributed by atoms with Crippen molar-refractivity contribution in [1.29, 1.82) is 0 Å². The van der Waals surface area contributed by atoms with Gasteiger partial charge in [0.15, 0.2) is 0 Å². The maximum Gasteiger partial charge on any atom is 0.416 e. The Labute approximate surface area is 260 Å². The van der Waals surface area contributed by atoms with E-state index in [4.69, 9.17) is 0 Å². The minimum atomic E-state index is -4.41. The van der Waals surface area contributed by atoms with Crippen LogP contribution in [-0.4, -0.2) is 21.3 Å². The molecular formula is C33H20F6N2O2S2. The van der Waals surface area contributed by atoms with E-state index in [-0.39, 0.29) is 11.4 Å².